The van der Waals surface area contributed by atoms with Gasteiger partial charge in [-0.2, -0.15) is 5.10 Å². The number of phenolic OH excluding ortho intramolecular Hbond substituents is 4. The standard InChI is InChI=1S/C18H17N3O6/c1-8(2)10-6-11(14(24)7-13(10)23)16-19-20-18(27)21(16)17(26)9-3-4-12(22)15(25)5-9/h3-8,22-25H,1-2H3,(H,20,27). The Morgan fingerprint density at radius 3 is 2.33 bits per heavy atom. The van der Waals surface area contributed by atoms with Gasteiger partial charge in [-0.15, -0.1) is 0 Å². The summed E-state index contributed by atoms with van der Waals surface area (Å²) >= 11 is 0. The summed E-state index contributed by atoms with van der Waals surface area (Å²) < 4.78 is 0.696. The third kappa shape index (κ3) is 3.10. The van der Waals surface area contributed by atoms with Gasteiger partial charge in [0.15, 0.2) is 17.3 Å². The molecule has 27 heavy (non-hydrogen) atoms. The topological polar surface area (TPSA) is 149 Å². The molecule has 9 nitrogen and oxygen atoms in total. The van der Waals surface area contributed by atoms with Crippen LogP contribution in [0.1, 0.15) is 35.7 Å². The van der Waals surface area contributed by atoms with Gasteiger partial charge in [0, 0.05) is 11.6 Å². The number of carbonyl (C=O) groups excluding carboxylic acids is 1. The van der Waals surface area contributed by atoms with Crippen LogP contribution >= 0.6 is 0 Å². The smallest absolute Gasteiger partial charge is 0.350 e. The fraction of sp³-hybridized carbons (Fsp3) is 0.167. The Morgan fingerprint density at radius 2 is 1.70 bits per heavy atom. The van der Waals surface area contributed by atoms with Crippen LogP contribution in [-0.4, -0.2) is 41.1 Å². The van der Waals surface area contributed by atoms with Gasteiger partial charge in [-0.05, 0) is 35.7 Å². The van der Waals surface area contributed by atoms with E-state index >= 15 is 0 Å². The zero-order valence-electron chi connectivity index (χ0n) is 14.5. The molecule has 1 aromatic heterocycles. The number of H-pyrrole nitrogens is 1. The van der Waals surface area contributed by atoms with Crippen molar-refractivity contribution in [3.8, 4) is 34.4 Å². The highest BCUT2D eigenvalue weighted by molar-refractivity contribution is 5.98. The lowest BCUT2D eigenvalue weighted by atomic mass is 9.98. The molecule has 3 aromatic rings. The SMILES string of the molecule is CC(C)c1cc(-c2n[nH]c(=O)n2C(=O)c2ccc(O)c(O)c2)c(O)cc1O. The highest BCUT2D eigenvalue weighted by Gasteiger charge is 2.23. The number of hydrogen-bond donors (Lipinski definition) is 5. The first-order valence-electron chi connectivity index (χ1n) is 8.01. The number of nitrogens with one attached hydrogen (secondary N) is 1. The molecule has 0 aliphatic carbocycles. The summed E-state index contributed by atoms with van der Waals surface area (Å²) in [4.78, 5) is 24.9. The van der Waals surface area contributed by atoms with Crippen molar-refractivity contribution in [2.24, 2.45) is 0 Å². The van der Waals surface area contributed by atoms with Crippen molar-refractivity contribution < 1.29 is 25.2 Å². The van der Waals surface area contributed by atoms with Gasteiger partial charge in [0.25, 0.3) is 5.91 Å². The lowest BCUT2D eigenvalue weighted by molar-refractivity contribution is 0.0957. The Balaban J connectivity index is 2.19. The second-order valence-corrected chi connectivity index (χ2v) is 6.28. The van der Waals surface area contributed by atoms with E-state index in [1.807, 2.05) is 13.8 Å². The molecule has 0 radical (unpaired) electrons. The summed E-state index contributed by atoms with van der Waals surface area (Å²) in [5, 5.41) is 45.1. The molecular formula is C18H17N3O6. The monoisotopic (exact) mass is 371 g/mol. The van der Waals surface area contributed by atoms with Crippen molar-refractivity contribution >= 4 is 5.91 Å². The summed E-state index contributed by atoms with van der Waals surface area (Å²) in [6.07, 6.45) is 0. The Bertz CT molecular complexity index is 1100. The zero-order valence-corrected chi connectivity index (χ0v) is 14.5. The van der Waals surface area contributed by atoms with Gasteiger partial charge in [0.2, 0.25) is 0 Å². The normalized spacial score (nSPS) is 11.1. The highest BCUT2D eigenvalue weighted by atomic mass is 16.3. The number of phenols is 4. The van der Waals surface area contributed by atoms with Crippen molar-refractivity contribution in [1.82, 2.24) is 14.8 Å². The first-order chi connectivity index (χ1) is 12.7. The maximum Gasteiger partial charge on any atom is 0.350 e. The Kier molecular flexibility index (Phi) is 4.36. The summed E-state index contributed by atoms with van der Waals surface area (Å²) in [6, 6.07) is 5.92. The molecule has 0 saturated carbocycles. The van der Waals surface area contributed by atoms with Crippen LogP contribution in [0.25, 0.3) is 11.4 Å². The lowest BCUT2D eigenvalue weighted by Gasteiger charge is -2.12. The molecule has 0 bridgehead atoms. The van der Waals surface area contributed by atoms with E-state index in [1.165, 1.54) is 12.1 Å². The number of carbonyl (C=O) groups is 1. The highest BCUT2D eigenvalue weighted by Crippen LogP contribution is 2.37. The summed E-state index contributed by atoms with van der Waals surface area (Å²) in [5.41, 5.74) is -0.343. The zero-order chi connectivity index (χ0) is 19.9. The van der Waals surface area contributed by atoms with E-state index < -0.39 is 23.1 Å². The molecule has 0 fully saturated rings. The number of aromatic amines is 1. The number of aromatic hydroxyl groups is 4. The number of hydrogen-bond acceptors (Lipinski definition) is 7. The van der Waals surface area contributed by atoms with Crippen LogP contribution in [0.2, 0.25) is 0 Å². The average Bonchev–Trinajstić information content (AvgIpc) is 2.97. The van der Waals surface area contributed by atoms with Crippen LogP contribution in [0.4, 0.5) is 0 Å². The van der Waals surface area contributed by atoms with E-state index in [2.05, 4.69) is 10.2 Å². The van der Waals surface area contributed by atoms with Gasteiger partial charge in [-0.3, -0.25) is 4.79 Å². The van der Waals surface area contributed by atoms with E-state index in [-0.39, 0.29) is 34.4 Å². The summed E-state index contributed by atoms with van der Waals surface area (Å²) in [7, 11) is 0. The summed E-state index contributed by atoms with van der Waals surface area (Å²) in [5.74, 6) is -2.48. The van der Waals surface area contributed by atoms with Crippen LogP contribution in [0.5, 0.6) is 23.0 Å². The van der Waals surface area contributed by atoms with Crippen LogP contribution in [0.15, 0.2) is 35.1 Å². The molecule has 1 heterocycles. The maximum absolute atomic E-state index is 12.8. The van der Waals surface area contributed by atoms with E-state index in [0.29, 0.717) is 10.1 Å². The fourth-order valence-electron chi connectivity index (χ4n) is 2.69. The molecule has 0 aliphatic rings. The third-order valence-corrected chi connectivity index (χ3v) is 4.11. The van der Waals surface area contributed by atoms with Gasteiger partial charge < -0.3 is 20.4 Å². The van der Waals surface area contributed by atoms with Crippen LogP contribution in [0.3, 0.4) is 0 Å². The number of benzene rings is 2. The molecule has 0 aliphatic heterocycles. The van der Waals surface area contributed by atoms with Gasteiger partial charge in [-0.25, -0.2) is 14.5 Å². The van der Waals surface area contributed by atoms with E-state index in [4.69, 9.17) is 0 Å². The average molecular weight is 371 g/mol. The van der Waals surface area contributed by atoms with Crippen molar-refractivity contribution in [2.45, 2.75) is 19.8 Å². The largest absolute Gasteiger partial charge is 0.508 e. The lowest BCUT2D eigenvalue weighted by Crippen LogP contribution is -2.25. The molecule has 140 valence electrons. The molecule has 9 heteroatoms. The molecule has 0 amide bonds. The molecule has 5 N–H and O–H groups in total. The molecule has 0 atom stereocenters. The fourth-order valence-corrected chi connectivity index (χ4v) is 2.69. The minimum Gasteiger partial charge on any atom is -0.508 e. The predicted octanol–water partition coefficient (Wildman–Crippen LogP) is 1.87. The quantitative estimate of drug-likeness (QED) is 0.441. The van der Waals surface area contributed by atoms with Crippen molar-refractivity contribution in [3.05, 3.63) is 51.9 Å². The van der Waals surface area contributed by atoms with Crippen molar-refractivity contribution in [3.63, 3.8) is 0 Å². The predicted molar refractivity (Wildman–Crippen MR) is 95.2 cm³/mol. The first kappa shape index (κ1) is 18.1. The first-order valence-corrected chi connectivity index (χ1v) is 8.01. The van der Waals surface area contributed by atoms with Crippen LogP contribution in [0, 0.1) is 0 Å². The molecule has 3 rings (SSSR count). The Hall–Kier alpha value is -3.75. The second kappa shape index (κ2) is 6.52. The second-order valence-electron chi connectivity index (χ2n) is 6.28. The number of rotatable bonds is 3. The van der Waals surface area contributed by atoms with Crippen LogP contribution in [-0.2, 0) is 0 Å². The minimum atomic E-state index is -0.846. The van der Waals surface area contributed by atoms with Crippen molar-refractivity contribution in [2.75, 3.05) is 0 Å². The maximum atomic E-state index is 12.8. The molecule has 0 unspecified atom stereocenters. The molecule has 0 spiro atoms. The molecular weight excluding hydrogens is 354 g/mol. The van der Waals surface area contributed by atoms with E-state index in [1.54, 1.807) is 0 Å². The number of aromatic nitrogens is 3. The molecule has 2 aromatic carbocycles. The minimum absolute atomic E-state index is 0.0719. The van der Waals surface area contributed by atoms with Gasteiger partial charge >= 0.3 is 5.69 Å². The number of nitrogens with zero attached hydrogens (tertiary/aromatic N) is 2. The van der Waals surface area contributed by atoms with Gasteiger partial charge in [0.1, 0.15) is 11.5 Å². The van der Waals surface area contributed by atoms with Crippen LogP contribution < -0.4 is 5.69 Å². The third-order valence-electron chi connectivity index (χ3n) is 4.11. The van der Waals surface area contributed by atoms with E-state index in [0.717, 1.165) is 18.2 Å². The van der Waals surface area contributed by atoms with E-state index in [9.17, 15) is 30.0 Å². The summed E-state index contributed by atoms with van der Waals surface area (Å²) in [6.45, 7) is 3.66. The Labute approximate surface area is 152 Å². The van der Waals surface area contributed by atoms with Crippen molar-refractivity contribution in [1.29, 1.82) is 0 Å². The van der Waals surface area contributed by atoms with Gasteiger partial charge in [-0.1, -0.05) is 13.8 Å². The molecule has 0 saturated heterocycles. The Morgan fingerprint density at radius 1 is 1.00 bits per heavy atom. The van der Waals surface area contributed by atoms with Gasteiger partial charge in [0.05, 0.1) is 5.56 Å².